The molecule has 132 valence electrons. The van der Waals surface area contributed by atoms with E-state index in [9.17, 15) is 14.0 Å². The van der Waals surface area contributed by atoms with E-state index in [0.717, 1.165) is 31.5 Å². The van der Waals surface area contributed by atoms with E-state index in [1.54, 1.807) is 30.9 Å². The van der Waals surface area contributed by atoms with Crippen LogP contribution >= 0.6 is 11.3 Å². The molecule has 3 rings (SSSR count). The molecular formula is C18H19FN2O3S. The molecule has 1 aliphatic heterocycles. The van der Waals surface area contributed by atoms with E-state index in [4.69, 9.17) is 4.74 Å². The van der Waals surface area contributed by atoms with Crippen LogP contribution in [-0.2, 0) is 9.53 Å². The number of hydrogen-bond donors (Lipinski definition) is 0. The first kappa shape index (κ1) is 17.5. The Labute approximate surface area is 149 Å². The lowest BCUT2D eigenvalue weighted by molar-refractivity contribution is -0.138. The first-order chi connectivity index (χ1) is 12.0. The molecule has 1 fully saturated rings. The predicted molar refractivity (Wildman–Crippen MR) is 92.9 cm³/mol. The van der Waals surface area contributed by atoms with Gasteiger partial charge < -0.3 is 9.64 Å². The Hall–Kier alpha value is -2.28. The summed E-state index contributed by atoms with van der Waals surface area (Å²) in [5.74, 6) is -1.04. The van der Waals surface area contributed by atoms with E-state index >= 15 is 0 Å². The van der Waals surface area contributed by atoms with Crippen LogP contribution in [0.15, 0.2) is 24.3 Å². The molecule has 1 amide bonds. The van der Waals surface area contributed by atoms with E-state index in [0.29, 0.717) is 15.6 Å². The zero-order valence-electron chi connectivity index (χ0n) is 14.1. The van der Waals surface area contributed by atoms with Crippen LogP contribution in [0.2, 0.25) is 0 Å². The van der Waals surface area contributed by atoms with Crippen molar-refractivity contribution >= 4 is 23.2 Å². The third-order valence-corrected chi connectivity index (χ3v) is 5.31. The van der Waals surface area contributed by atoms with Gasteiger partial charge in [-0.1, -0.05) is 0 Å². The number of carbonyl (C=O) groups excluding carboxylic acids is 2. The Bertz CT molecular complexity index is 782. The molecule has 0 spiro atoms. The number of halogens is 1. The molecule has 0 N–H and O–H groups in total. The molecule has 7 heteroatoms. The molecule has 25 heavy (non-hydrogen) atoms. The zero-order valence-corrected chi connectivity index (χ0v) is 14.9. The number of likely N-dealkylation sites (tertiary alicyclic amines) is 1. The van der Waals surface area contributed by atoms with Gasteiger partial charge >= 0.3 is 5.97 Å². The molecule has 0 saturated carbocycles. The van der Waals surface area contributed by atoms with E-state index < -0.39 is 12.1 Å². The average Bonchev–Trinajstić information content (AvgIpc) is 3.24. The highest BCUT2D eigenvalue weighted by molar-refractivity contribution is 7.17. The second kappa shape index (κ2) is 7.31. The number of esters is 1. The summed E-state index contributed by atoms with van der Waals surface area (Å²) in [5, 5.41) is 0.614. The summed E-state index contributed by atoms with van der Waals surface area (Å²) in [6.45, 7) is 4.74. The van der Waals surface area contributed by atoms with Gasteiger partial charge in [0.25, 0.3) is 5.91 Å². The smallest absolute Gasteiger partial charge is 0.351 e. The third kappa shape index (κ3) is 3.87. The maximum atomic E-state index is 13.0. The highest BCUT2D eigenvalue weighted by Gasteiger charge is 2.27. The van der Waals surface area contributed by atoms with Gasteiger partial charge in [0, 0.05) is 18.7 Å². The lowest BCUT2D eigenvalue weighted by Crippen LogP contribution is -2.38. The van der Waals surface area contributed by atoms with E-state index in [2.05, 4.69) is 4.98 Å². The molecule has 0 unspecified atom stereocenters. The van der Waals surface area contributed by atoms with Crippen molar-refractivity contribution in [3.05, 3.63) is 40.7 Å². The summed E-state index contributed by atoms with van der Waals surface area (Å²) >= 11 is 1.18. The van der Waals surface area contributed by atoms with Crippen molar-refractivity contribution in [3.63, 3.8) is 0 Å². The highest BCUT2D eigenvalue weighted by Crippen LogP contribution is 2.29. The van der Waals surface area contributed by atoms with Crippen molar-refractivity contribution in [1.29, 1.82) is 0 Å². The summed E-state index contributed by atoms with van der Waals surface area (Å²) in [7, 11) is 0. The number of amides is 1. The predicted octanol–water partition coefficient (Wildman–Crippen LogP) is 3.43. The first-order valence-electron chi connectivity index (χ1n) is 8.19. The summed E-state index contributed by atoms with van der Waals surface area (Å²) < 4.78 is 18.4. The van der Waals surface area contributed by atoms with Crippen LogP contribution < -0.4 is 0 Å². The summed E-state index contributed by atoms with van der Waals surface area (Å²) in [6.07, 6.45) is 1.16. The van der Waals surface area contributed by atoms with Crippen molar-refractivity contribution in [2.24, 2.45) is 0 Å². The van der Waals surface area contributed by atoms with Crippen LogP contribution in [0.1, 0.15) is 35.1 Å². The topological polar surface area (TPSA) is 59.5 Å². The Morgan fingerprint density at radius 1 is 1.24 bits per heavy atom. The quantitative estimate of drug-likeness (QED) is 0.782. The fourth-order valence-corrected chi connectivity index (χ4v) is 3.72. The first-order valence-corrected chi connectivity index (χ1v) is 9.00. The molecule has 1 aromatic heterocycles. The second-order valence-electron chi connectivity index (χ2n) is 6.02. The van der Waals surface area contributed by atoms with Crippen LogP contribution in [0.5, 0.6) is 0 Å². The lowest BCUT2D eigenvalue weighted by Gasteiger charge is -2.20. The van der Waals surface area contributed by atoms with Crippen LogP contribution in [0.3, 0.4) is 0 Å². The molecule has 1 aromatic carbocycles. The Balaban J connectivity index is 1.71. The summed E-state index contributed by atoms with van der Waals surface area (Å²) in [6, 6.07) is 5.92. The maximum Gasteiger partial charge on any atom is 0.351 e. The van der Waals surface area contributed by atoms with Gasteiger partial charge in [-0.25, -0.2) is 14.2 Å². The Kier molecular flexibility index (Phi) is 5.13. The monoisotopic (exact) mass is 362 g/mol. The number of aromatic nitrogens is 1. The SMILES string of the molecule is Cc1nc(-c2ccc(F)cc2)sc1C(=O)O[C@H](C)C(=O)N1CCCC1. The number of thiazole rings is 1. The largest absolute Gasteiger partial charge is 0.448 e. The number of carbonyl (C=O) groups is 2. The number of benzene rings is 1. The molecule has 0 aliphatic carbocycles. The number of aryl methyl sites for hydroxylation is 1. The van der Waals surface area contributed by atoms with Crippen molar-refractivity contribution in [2.75, 3.05) is 13.1 Å². The van der Waals surface area contributed by atoms with E-state index in [1.807, 2.05) is 0 Å². The van der Waals surface area contributed by atoms with Crippen LogP contribution in [0.4, 0.5) is 4.39 Å². The van der Waals surface area contributed by atoms with Crippen LogP contribution in [0, 0.1) is 12.7 Å². The number of hydrogen-bond acceptors (Lipinski definition) is 5. The number of nitrogens with zero attached hydrogens (tertiary/aromatic N) is 2. The van der Waals surface area contributed by atoms with Crippen molar-refractivity contribution in [1.82, 2.24) is 9.88 Å². The molecular weight excluding hydrogens is 343 g/mol. The number of ether oxygens (including phenoxy) is 1. The van der Waals surface area contributed by atoms with E-state index in [1.165, 1.54) is 23.5 Å². The third-order valence-electron chi connectivity index (χ3n) is 4.12. The van der Waals surface area contributed by atoms with Gasteiger partial charge in [0.1, 0.15) is 15.7 Å². The molecule has 1 saturated heterocycles. The van der Waals surface area contributed by atoms with Crippen LogP contribution in [0.25, 0.3) is 10.6 Å². The second-order valence-corrected chi connectivity index (χ2v) is 7.02. The minimum Gasteiger partial charge on any atom is -0.448 e. The van der Waals surface area contributed by atoms with Gasteiger partial charge in [-0.3, -0.25) is 4.79 Å². The van der Waals surface area contributed by atoms with Crippen molar-refractivity contribution in [3.8, 4) is 10.6 Å². The fraction of sp³-hybridized carbons (Fsp3) is 0.389. The maximum absolute atomic E-state index is 13.0. The molecule has 2 heterocycles. The van der Waals surface area contributed by atoms with Gasteiger partial charge in [0.2, 0.25) is 0 Å². The Morgan fingerprint density at radius 3 is 2.52 bits per heavy atom. The van der Waals surface area contributed by atoms with Crippen LogP contribution in [-0.4, -0.2) is 41.0 Å². The zero-order chi connectivity index (χ0) is 18.0. The highest BCUT2D eigenvalue weighted by atomic mass is 32.1. The average molecular weight is 362 g/mol. The fourth-order valence-electron chi connectivity index (χ4n) is 2.76. The normalized spacial score (nSPS) is 15.2. The van der Waals surface area contributed by atoms with Gasteiger partial charge in [-0.05, 0) is 51.0 Å². The standard InChI is InChI=1S/C18H19FN2O3S/c1-11-15(25-16(20-11)13-5-7-14(19)8-6-13)18(23)24-12(2)17(22)21-9-3-4-10-21/h5-8,12H,3-4,9-10H2,1-2H3/t12-/m1/s1. The molecule has 5 nitrogen and oxygen atoms in total. The van der Waals surface area contributed by atoms with Crippen molar-refractivity contribution < 1.29 is 18.7 Å². The molecule has 0 radical (unpaired) electrons. The summed E-state index contributed by atoms with van der Waals surface area (Å²) in [5.41, 5.74) is 1.27. The van der Waals surface area contributed by atoms with Crippen molar-refractivity contribution in [2.45, 2.75) is 32.8 Å². The van der Waals surface area contributed by atoms with Gasteiger partial charge in [-0.2, -0.15) is 0 Å². The van der Waals surface area contributed by atoms with E-state index in [-0.39, 0.29) is 11.7 Å². The number of rotatable bonds is 4. The van der Waals surface area contributed by atoms with Gasteiger partial charge in [0.15, 0.2) is 6.10 Å². The molecule has 1 aliphatic rings. The lowest BCUT2D eigenvalue weighted by atomic mass is 10.2. The van der Waals surface area contributed by atoms with Gasteiger partial charge in [-0.15, -0.1) is 11.3 Å². The minimum atomic E-state index is -0.818. The Morgan fingerprint density at radius 2 is 1.88 bits per heavy atom. The molecule has 1 atom stereocenters. The molecule has 2 aromatic rings. The molecule has 0 bridgehead atoms. The summed E-state index contributed by atoms with van der Waals surface area (Å²) in [4.78, 5) is 31.1. The van der Waals surface area contributed by atoms with Gasteiger partial charge in [0.05, 0.1) is 5.69 Å². The minimum absolute atomic E-state index is 0.160.